The van der Waals surface area contributed by atoms with Gasteiger partial charge in [0.15, 0.2) is 0 Å². The average Bonchev–Trinajstić information content (AvgIpc) is 2.17. The summed E-state index contributed by atoms with van der Waals surface area (Å²) in [5, 5.41) is 0. The van der Waals surface area contributed by atoms with Crippen LogP contribution in [0.4, 0.5) is 8.78 Å². The molecule has 0 N–H and O–H groups in total. The monoisotopic (exact) mass is 268 g/mol. The molecule has 0 aromatic heterocycles. The molecule has 0 heterocycles. The van der Waals surface area contributed by atoms with Gasteiger partial charge < -0.3 is 0 Å². The second-order valence-corrected chi connectivity index (χ2v) is 4.08. The second kappa shape index (κ2) is 4.11. The van der Waals surface area contributed by atoms with Gasteiger partial charge in [-0.25, -0.2) is 8.78 Å². The van der Waals surface area contributed by atoms with Gasteiger partial charge in [-0.15, -0.1) is 0 Å². The Morgan fingerprint density at radius 3 is 1.80 bits per heavy atom. The molecule has 0 unspecified atom stereocenters. The first-order chi connectivity index (χ1) is 7.15. The van der Waals surface area contributed by atoms with Crippen molar-refractivity contribution < 1.29 is 8.78 Å². The van der Waals surface area contributed by atoms with E-state index in [2.05, 4.69) is 15.9 Å². The summed E-state index contributed by atoms with van der Waals surface area (Å²) in [6.45, 7) is 0. The van der Waals surface area contributed by atoms with Crippen LogP contribution in [0.1, 0.15) is 0 Å². The molecule has 0 bridgehead atoms. The van der Waals surface area contributed by atoms with E-state index in [1.807, 2.05) is 12.1 Å². The predicted octanol–water partition coefficient (Wildman–Crippen LogP) is 4.39. The Morgan fingerprint density at radius 1 is 0.733 bits per heavy atom. The molecule has 2 rings (SSSR count). The number of halogens is 3. The van der Waals surface area contributed by atoms with Gasteiger partial charge in [-0.05, 0) is 35.4 Å². The molecule has 0 atom stereocenters. The molecular weight excluding hydrogens is 262 g/mol. The van der Waals surface area contributed by atoms with Crippen LogP contribution in [0.2, 0.25) is 0 Å². The maximum atomic E-state index is 12.9. The smallest absolute Gasteiger partial charge is 0.126 e. The van der Waals surface area contributed by atoms with E-state index in [-0.39, 0.29) is 0 Å². The first kappa shape index (κ1) is 10.3. The summed E-state index contributed by atoms with van der Waals surface area (Å²) >= 11 is 3.30. The van der Waals surface area contributed by atoms with Crippen LogP contribution in [0.15, 0.2) is 46.9 Å². The maximum Gasteiger partial charge on any atom is 0.126 e. The molecule has 0 saturated carbocycles. The van der Waals surface area contributed by atoms with Crippen LogP contribution < -0.4 is 0 Å². The number of hydrogen-bond donors (Lipinski definition) is 0. The summed E-state index contributed by atoms with van der Waals surface area (Å²) in [6.07, 6.45) is 0. The molecule has 0 radical (unpaired) electrons. The molecule has 0 amide bonds. The molecule has 0 spiro atoms. The van der Waals surface area contributed by atoms with E-state index in [9.17, 15) is 8.78 Å². The van der Waals surface area contributed by atoms with Crippen molar-refractivity contribution in [3.05, 3.63) is 58.6 Å². The summed E-state index contributed by atoms with van der Waals surface area (Å²) in [5.41, 5.74) is 1.33. The van der Waals surface area contributed by atoms with Gasteiger partial charge in [-0.1, -0.05) is 28.1 Å². The molecule has 0 aliphatic carbocycles. The minimum Gasteiger partial charge on any atom is -0.207 e. The van der Waals surface area contributed by atoms with Crippen molar-refractivity contribution in [3.63, 3.8) is 0 Å². The minimum absolute atomic E-state index is 0.542. The topological polar surface area (TPSA) is 0 Å². The van der Waals surface area contributed by atoms with Gasteiger partial charge >= 0.3 is 0 Å². The van der Waals surface area contributed by atoms with E-state index >= 15 is 0 Å². The lowest BCUT2D eigenvalue weighted by Gasteiger charge is -2.02. The van der Waals surface area contributed by atoms with Gasteiger partial charge in [0.05, 0.1) is 0 Å². The maximum absolute atomic E-state index is 12.9. The van der Waals surface area contributed by atoms with E-state index in [0.29, 0.717) is 5.56 Å². The van der Waals surface area contributed by atoms with Gasteiger partial charge in [0, 0.05) is 10.5 Å². The van der Waals surface area contributed by atoms with Crippen molar-refractivity contribution in [2.75, 3.05) is 0 Å². The Bertz CT molecular complexity index is 457. The molecule has 0 aliphatic rings. The molecule has 0 aliphatic heterocycles. The summed E-state index contributed by atoms with van der Waals surface area (Å²) in [5.74, 6) is -1.12. The van der Waals surface area contributed by atoms with Crippen LogP contribution in [-0.4, -0.2) is 0 Å². The Hall–Kier alpha value is -1.22. The van der Waals surface area contributed by atoms with Crippen LogP contribution in [0, 0.1) is 11.6 Å². The SMILES string of the molecule is Fc1cc(F)cc(-c2ccc(Br)cc2)c1. The van der Waals surface area contributed by atoms with E-state index in [1.54, 1.807) is 12.1 Å². The van der Waals surface area contributed by atoms with Gasteiger partial charge in [0.2, 0.25) is 0 Å². The number of benzene rings is 2. The van der Waals surface area contributed by atoms with E-state index in [0.717, 1.165) is 16.1 Å². The lowest BCUT2D eigenvalue weighted by atomic mass is 10.1. The van der Waals surface area contributed by atoms with Crippen LogP contribution in [0.3, 0.4) is 0 Å². The predicted molar refractivity (Wildman–Crippen MR) is 59.5 cm³/mol. The minimum atomic E-state index is -0.562. The lowest BCUT2D eigenvalue weighted by Crippen LogP contribution is -1.83. The molecule has 0 nitrogen and oxygen atoms in total. The highest BCUT2D eigenvalue weighted by molar-refractivity contribution is 9.10. The molecule has 76 valence electrons. The molecular formula is C12H7BrF2. The fraction of sp³-hybridized carbons (Fsp3) is 0. The molecule has 15 heavy (non-hydrogen) atoms. The summed E-state index contributed by atoms with van der Waals surface area (Å²) in [6, 6.07) is 10.8. The van der Waals surface area contributed by atoms with E-state index in [4.69, 9.17) is 0 Å². The second-order valence-electron chi connectivity index (χ2n) is 3.17. The Labute approximate surface area is 94.7 Å². The van der Waals surface area contributed by atoms with E-state index in [1.165, 1.54) is 12.1 Å². The summed E-state index contributed by atoms with van der Waals surface area (Å²) in [7, 11) is 0. The number of rotatable bonds is 1. The Balaban J connectivity index is 2.49. The standard InChI is InChI=1S/C12H7BrF2/c13-10-3-1-8(2-4-10)9-5-11(14)7-12(15)6-9/h1-7H. The quantitative estimate of drug-likeness (QED) is 0.720. The van der Waals surface area contributed by atoms with Crippen molar-refractivity contribution in [3.8, 4) is 11.1 Å². The van der Waals surface area contributed by atoms with Gasteiger partial charge in [0.25, 0.3) is 0 Å². The first-order valence-corrected chi connectivity index (χ1v) is 5.16. The number of hydrogen-bond acceptors (Lipinski definition) is 0. The molecule has 2 aromatic carbocycles. The highest BCUT2D eigenvalue weighted by Crippen LogP contribution is 2.23. The van der Waals surface area contributed by atoms with Crippen molar-refractivity contribution in [2.24, 2.45) is 0 Å². The molecule has 0 saturated heterocycles. The van der Waals surface area contributed by atoms with Gasteiger partial charge in [-0.2, -0.15) is 0 Å². The Kier molecular flexibility index (Phi) is 2.82. The lowest BCUT2D eigenvalue weighted by molar-refractivity contribution is 0.584. The summed E-state index contributed by atoms with van der Waals surface area (Å²) in [4.78, 5) is 0. The van der Waals surface area contributed by atoms with Crippen LogP contribution in [0.5, 0.6) is 0 Å². The first-order valence-electron chi connectivity index (χ1n) is 4.37. The normalized spacial score (nSPS) is 10.3. The molecule has 3 heteroatoms. The third-order valence-electron chi connectivity index (χ3n) is 2.04. The van der Waals surface area contributed by atoms with Gasteiger partial charge in [0.1, 0.15) is 11.6 Å². The third kappa shape index (κ3) is 2.42. The van der Waals surface area contributed by atoms with Crippen molar-refractivity contribution >= 4 is 15.9 Å². The zero-order chi connectivity index (χ0) is 10.8. The van der Waals surface area contributed by atoms with Crippen LogP contribution >= 0.6 is 15.9 Å². The van der Waals surface area contributed by atoms with Crippen molar-refractivity contribution in [1.82, 2.24) is 0 Å². The fourth-order valence-corrected chi connectivity index (χ4v) is 1.63. The zero-order valence-electron chi connectivity index (χ0n) is 7.68. The zero-order valence-corrected chi connectivity index (χ0v) is 9.26. The average molecular weight is 269 g/mol. The van der Waals surface area contributed by atoms with Crippen molar-refractivity contribution in [1.29, 1.82) is 0 Å². The van der Waals surface area contributed by atoms with E-state index < -0.39 is 11.6 Å². The highest BCUT2D eigenvalue weighted by atomic mass is 79.9. The largest absolute Gasteiger partial charge is 0.207 e. The van der Waals surface area contributed by atoms with Gasteiger partial charge in [-0.3, -0.25) is 0 Å². The van der Waals surface area contributed by atoms with Crippen LogP contribution in [-0.2, 0) is 0 Å². The fourth-order valence-electron chi connectivity index (χ4n) is 1.36. The molecule has 2 aromatic rings. The third-order valence-corrected chi connectivity index (χ3v) is 2.57. The van der Waals surface area contributed by atoms with Crippen molar-refractivity contribution in [2.45, 2.75) is 0 Å². The summed E-state index contributed by atoms with van der Waals surface area (Å²) < 4.78 is 26.8. The Morgan fingerprint density at radius 2 is 1.27 bits per heavy atom. The van der Waals surface area contributed by atoms with Crippen LogP contribution in [0.25, 0.3) is 11.1 Å². The highest BCUT2D eigenvalue weighted by Gasteiger charge is 2.02. The molecule has 0 fully saturated rings.